The maximum atomic E-state index is 11.9. The van der Waals surface area contributed by atoms with Gasteiger partial charge < -0.3 is 0 Å². The number of nitrogens with zero attached hydrogens (tertiary/aromatic N) is 2. The third-order valence-corrected chi connectivity index (χ3v) is 2.57. The molecule has 0 unspecified atom stereocenters. The molecule has 2 rings (SSSR count). The topological polar surface area (TPSA) is 34.9 Å². The van der Waals surface area contributed by atoms with Crippen LogP contribution in [0.15, 0.2) is 36.7 Å². The van der Waals surface area contributed by atoms with Gasteiger partial charge in [-0.25, -0.2) is 0 Å². The summed E-state index contributed by atoms with van der Waals surface area (Å²) in [5, 5.41) is 4.55. The molecule has 1 aromatic heterocycles. The van der Waals surface area contributed by atoms with Gasteiger partial charge in [0.05, 0.1) is 11.2 Å². The lowest BCUT2D eigenvalue weighted by molar-refractivity contribution is 0.0968. The molecule has 4 heteroatoms. The molecule has 0 aliphatic heterocycles. The summed E-state index contributed by atoms with van der Waals surface area (Å²) in [5.74, 6) is -0.0336. The van der Waals surface area contributed by atoms with Gasteiger partial charge in [0.15, 0.2) is 5.78 Å². The quantitative estimate of drug-likeness (QED) is 0.766. The van der Waals surface area contributed by atoms with E-state index in [-0.39, 0.29) is 12.3 Å². The molecule has 0 aliphatic rings. The molecule has 0 N–H and O–H groups in total. The number of rotatable bonds is 3. The largest absolute Gasteiger partial charge is 0.292 e. The molecule has 0 saturated carbocycles. The van der Waals surface area contributed by atoms with Crippen molar-refractivity contribution in [2.24, 2.45) is 0 Å². The average Bonchev–Trinajstić information content (AvgIpc) is 2.64. The molecule has 0 spiro atoms. The van der Waals surface area contributed by atoms with Gasteiger partial charge in [0.1, 0.15) is 6.54 Å². The number of hydrogen-bond donors (Lipinski definition) is 0. The fraction of sp³-hybridized carbons (Fsp3) is 0.167. The highest BCUT2D eigenvalue weighted by atomic mass is 35.5. The molecule has 0 saturated heterocycles. The number of halogens is 1. The molecular weight excluding hydrogens is 224 g/mol. The molecule has 3 nitrogen and oxygen atoms in total. The first-order chi connectivity index (χ1) is 7.66. The molecule has 0 fully saturated rings. The van der Waals surface area contributed by atoms with Crippen molar-refractivity contribution in [2.75, 3.05) is 0 Å². The predicted octanol–water partition coefficient (Wildman–Crippen LogP) is 2.73. The summed E-state index contributed by atoms with van der Waals surface area (Å²) in [7, 11) is 0. The summed E-state index contributed by atoms with van der Waals surface area (Å²) in [6.07, 6.45) is 3.55. The van der Waals surface area contributed by atoms with E-state index in [9.17, 15) is 4.79 Å². The molecule has 1 aromatic carbocycles. The molecule has 0 atom stereocenters. The first kappa shape index (κ1) is 10.9. The first-order valence-electron chi connectivity index (χ1n) is 4.93. The maximum Gasteiger partial charge on any atom is 0.185 e. The van der Waals surface area contributed by atoms with Gasteiger partial charge in [-0.15, -0.1) is 0 Å². The minimum Gasteiger partial charge on any atom is -0.292 e. The second kappa shape index (κ2) is 4.49. The van der Waals surface area contributed by atoms with Crippen LogP contribution in [0.2, 0.25) is 5.02 Å². The Morgan fingerprint density at radius 2 is 2.19 bits per heavy atom. The molecule has 0 radical (unpaired) electrons. The highest BCUT2D eigenvalue weighted by molar-refractivity contribution is 6.33. The van der Waals surface area contributed by atoms with E-state index in [0.717, 1.165) is 5.56 Å². The normalized spacial score (nSPS) is 10.4. The highest BCUT2D eigenvalue weighted by Crippen LogP contribution is 2.16. The van der Waals surface area contributed by atoms with Crippen LogP contribution in [-0.4, -0.2) is 15.6 Å². The van der Waals surface area contributed by atoms with Crippen LogP contribution < -0.4 is 0 Å². The Labute approximate surface area is 98.7 Å². The molecule has 16 heavy (non-hydrogen) atoms. The van der Waals surface area contributed by atoms with Gasteiger partial charge in [0, 0.05) is 11.8 Å². The minimum absolute atomic E-state index is 0.0336. The number of aryl methyl sites for hydroxylation is 1. The van der Waals surface area contributed by atoms with Crippen LogP contribution in [0.25, 0.3) is 0 Å². The Bertz CT molecular complexity index is 519. The van der Waals surface area contributed by atoms with Crippen LogP contribution >= 0.6 is 11.6 Å². The van der Waals surface area contributed by atoms with Crippen LogP contribution in [0.1, 0.15) is 15.9 Å². The Hall–Kier alpha value is -1.61. The van der Waals surface area contributed by atoms with Crippen LogP contribution in [-0.2, 0) is 6.54 Å². The molecule has 2 aromatic rings. The summed E-state index contributed by atoms with van der Waals surface area (Å²) >= 11 is 5.94. The van der Waals surface area contributed by atoms with Crippen molar-refractivity contribution in [1.82, 2.24) is 9.78 Å². The maximum absolute atomic E-state index is 11.9. The van der Waals surface area contributed by atoms with Crippen LogP contribution in [0, 0.1) is 6.92 Å². The first-order valence-corrected chi connectivity index (χ1v) is 5.31. The number of aromatic nitrogens is 2. The number of carbonyl (C=O) groups is 1. The van der Waals surface area contributed by atoms with Crippen molar-refractivity contribution in [3.05, 3.63) is 52.8 Å². The second-order valence-electron chi connectivity index (χ2n) is 3.62. The van der Waals surface area contributed by atoms with Crippen LogP contribution in [0.5, 0.6) is 0 Å². The van der Waals surface area contributed by atoms with Crippen molar-refractivity contribution < 1.29 is 4.79 Å². The van der Waals surface area contributed by atoms with Gasteiger partial charge in [-0.1, -0.05) is 23.7 Å². The Morgan fingerprint density at radius 3 is 2.81 bits per heavy atom. The van der Waals surface area contributed by atoms with E-state index in [0.29, 0.717) is 10.6 Å². The fourth-order valence-corrected chi connectivity index (χ4v) is 1.71. The zero-order chi connectivity index (χ0) is 11.5. The molecule has 0 amide bonds. The summed E-state index contributed by atoms with van der Waals surface area (Å²) in [6, 6.07) is 7.04. The van der Waals surface area contributed by atoms with Gasteiger partial charge in [-0.3, -0.25) is 9.48 Å². The van der Waals surface area contributed by atoms with E-state index in [1.807, 2.05) is 13.1 Å². The van der Waals surface area contributed by atoms with Gasteiger partial charge >= 0.3 is 0 Å². The van der Waals surface area contributed by atoms with E-state index in [1.54, 1.807) is 35.1 Å². The third-order valence-electron chi connectivity index (χ3n) is 2.24. The number of hydrogen-bond acceptors (Lipinski definition) is 2. The summed E-state index contributed by atoms with van der Waals surface area (Å²) in [4.78, 5) is 11.9. The molecular formula is C12H11ClN2O. The standard InChI is InChI=1S/C12H11ClN2O/c1-9-6-14-15(7-9)8-12(16)10-4-2-3-5-11(10)13/h2-7H,8H2,1H3. The Balaban J connectivity index is 2.18. The Morgan fingerprint density at radius 1 is 1.44 bits per heavy atom. The number of carbonyl (C=O) groups excluding carboxylic acids is 1. The van der Waals surface area contributed by atoms with Crippen molar-refractivity contribution in [3.63, 3.8) is 0 Å². The molecule has 1 heterocycles. The number of Topliss-reactive ketones (excluding diaryl/α,β-unsaturated/α-hetero) is 1. The smallest absolute Gasteiger partial charge is 0.185 e. The summed E-state index contributed by atoms with van der Waals surface area (Å²) in [6.45, 7) is 2.15. The second-order valence-corrected chi connectivity index (χ2v) is 4.03. The van der Waals surface area contributed by atoms with Crippen molar-refractivity contribution >= 4 is 17.4 Å². The monoisotopic (exact) mass is 234 g/mol. The van der Waals surface area contributed by atoms with Crippen LogP contribution in [0.3, 0.4) is 0 Å². The van der Waals surface area contributed by atoms with Crippen molar-refractivity contribution in [3.8, 4) is 0 Å². The van der Waals surface area contributed by atoms with Crippen molar-refractivity contribution in [2.45, 2.75) is 13.5 Å². The van der Waals surface area contributed by atoms with Gasteiger partial charge in [-0.05, 0) is 24.6 Å². The lowest BCUT2D eigenvalue weighted by atomic mass is 10.1. The number of benzene rings is 1. The predicted molar refractivity (Wildman–Crippen MR) is 62.7 cm³/mol. The van der Waals surface area contributed by atoms with E-state index in [2.05, 4.69) is 5.10 Å². The Kier molecular flexibility index (Phi) is 3.06. The summed E-state index contributed by atoms with van der Waals surface area (Å²) < 4.78 is 1.61. The number of ketones is 1. The van der Waals surface area contributed by atoms with Gasteiger partial charge in [0.2, 0.25) is 0 Å². The van der Waals surface area contributed by atoms with E-state index in [4.69, 9.17) is 11.6 Å². The molecule has 0 aliphatic carbocycles. The zero-order valence-electron chi connectivity index (χ0n) is 8.85. The van der Waals surface area contributed by atoms with E-state index in [1.165, 1.54) is 0 Å². The van der Waals surface area contributed by atoms with E-state index < -0.39 is 0 Å². The van der Waals surface area contributed by atoms with E-state index >= 15 is 0 Å². The zero-order valence-corrected chi connectivity index (χ0v) is 9.61. The van der Waals surface area contributed by atoms with Crippen molar-refractivity contribution in [1.29, 1.82) is 0 Å². The molecule has 82 valence electrons. The summed E-state index contributed by atoms with van der Waals surface area (Å²) in [5.41, 5.74) is 1.57. The van der Waals surface area contributed by atoms with Gasteiger partial charge in [-0.2, -0.15) is 5.10 Å². The highest BCUT2D eigenvalue weighted by Gasteiger charge is 2.10. The van der Waals surface area contributed by atoms with Crippen LogP contribution in [0.4, 0.5) is 0 Å². The average molecular weight is 235 g/mol. The SMILES string of the molecule is Cc1cnn(CC(=O)c2ccccc2Cl)c1. The van der Waals surface area contributed by atoms with Gasteiger partial charge in [0.25, 0.3) is 0 Å². The lowest BCUT2D eigenvalue weighted by Crippen LogP contribution is -2.11. The lowest BCUT2D eigenvalue weighted by Gasteiger charge is -2.03. The minimum atomic E-state index is -0.0336. The third kappa shape index (κ3) is 2.31. The molecule has 0 bridgehead atoms. The fourth-order valence-electron chi connectivity index (χ4n) is 1.47.